The molecule has 0 amide bonds. The van der Waals surface area contributed by atoms with E-state index in [0.717, 1.165) is 43.5 Å². The third-order valence-corrected chi connectivity index (χ3v) is 4.20. The quantitative estimate of drug-likeness (QED) is 0.732. The summed E-state index contributed by atoms with van der Waals surface area (Å²) in [5, 5.41) is 6.53. The predicted octanol–water partition coefficient (Wildman–Crippen LogP) is 3.80. The molecule has 132 valence electrons. The van der Waals surface area contributed by atoms with Gasteiger partial charge in [-0.25, -0.2) is 4.98 Å². The molecule has 26 heavy (non-hydrogen) atoms. The van der Waals surface area contributed by atoms with Crippen LogP contribution in [0.5, 0.6) is 0 Å². The molecule has 2 N–H and O–H groups in total. The van der Waals surface area contributed by atoms with Gasteiger partial charge in [0.15, 0.2) is 0 Å². The van der Waals surface area contributed by atoms with Gasteiger partial charge < -0.3 is 20.3 Å². The lowest BCUT2D eigenvalue weighted by Crippen LogP contribution is -2.36. The van der Waals surface area contributed by atoms with Crippen LogP contribution in [0.25, 0.3) is 0 Å². The molecule has 0 bridgehead atoms. The van der Waals surface area contributed by atoms with Crippen LogP contribution in [-0.4, -0.2) is 36.3 Å². The number of nitrogens with one attached hydrogen (secondary N) is 2. The fourth-order valence-corrected chi connectivity index (χ4v) is 2.86. The van der Waals surface area contributed by atoms with Gasteiger partial charge in [-0.2, -0.15) is 4.98 Å². The Bertz CT molecular complexity index is 832. The number of para-hydroxylation sites is 1. The van der Waals surface area contributed by atoms with E-state index in [-0.39, 0.29) is 0 Å². The summed E-state index contributed by atoms with van der Waals surface area (Å²) >= 11 is 0. The van der Waals surface area contributed by atoms with Crippen LogP contribution < -0.4 is 15.5 Å². The Balaban J connectivity index is 1.43. The van der Waals surface area contributed by atoms with E-state index in [4.69, 9.17) is 4.74 Å². The summed E-state index contributed by atoms with van der Waals surface area (Å²) in [6.07, 6.45) is 1.74. The van der Waals surface area contributed by atoms with Crippen molar-refractivity contribution in [2.45, 2.75) is 0 Å². The first-order chi connectivity index (χ1) is 12.9. The molecule has 1 aliphatic rings. The molecule has 1 aromatic heterocycles. The van der Waals surface area contributed by atoms with Crippen LogP contribution in [0.3, 0.4) is 0 Å². The molecule has 4 rings (SSSR count). The largest absolute Gasteiger partial charge is 0.378 e. The summed E-state index contributed by atoms with van der Waals surface area (Å²) < 4.78 is 5.40. The summed E-state index contributed by atoms with van der Waals surface area (Å²) in [6.45, 7) is 3.46. The van der Waals surface area contributed by atoms with Crippen molar-refractivity contribution in [3.63, 3.8) is 0 Å². The van der Waals surface area contributed by atoms with Crippen molar-refractivity contribution in [3.05, 3.63) is 66.9 Å². The zero-order valence-electron chi connectivity index (χ0n) is 14.4. The highest BCUT2D eigenvalue weighted by molar-refractivity contribution is 5.62. The Labute approximate surface area is 152 Å². The van der Waals surface area contributed by atoms with Gasteiger partial charge in [0, 0.05) is 36.3 Å². The molecule has 0 atom stereocenters. The third-order valence-electron chi connectivity index (χ3n) is 4.20. The number of hydrogen-bond donors (Lipinski definition) is 2. The lowest BCUT2D eigenvalue weighted by Gasteiger charge is -2.28. The van der Waals surface area contributed by atoms with E-state index in [1.54, 1.807) is 6.20 Å². The van der Waals surface area contributed by atoms with E-state index < -0.39 is 0 Å². The van der Waals surface area contributed by atoms with Crippen LogP contribution in [0, 0.1) is 0 Å². The van der Waals surface area contributed by atoms with Crippen molar-refractivity contribution in [2.75, 3.05) is 41.8 Å². The second kappa shape index (κ2) is 7.84. The minimum absolute atomic E-state index is 0.561. The van der Waals surface area contributed by atoms with Crippen LogP contribution in [0.2, 0.25) is 0 Å². The molecule has 6 nitrogen and oxygen atoms in total. The van der Waals surface area contributed by atoms with E-state index in [1.165, 1.54) is 5.69 Å². The highest BCUT2D eigenvalue weighted by Gasteiger charge is 2.10. The second-order valence-electron chi connectivity index (χ2n) is 6.03. The Kier molecular flexibility index (Phi) is 4.93. The van der Waals surface area contributed by atoms with Crippen molar-refractivity contribution >= 4 is 28.8 Å². The van der Waals surface area contributed by atoms with E-state index >= 15 is 0 Å². The Hall–Kier alpha value is -3.12. The molecule has 0 saturated carbocycles. The summed E-state index contributed by atoms with van der Waals surface area (Å²) in [5.74, 6) is 1.31. The molecular weight excluding hydrogens is 326 g/mol. The molecule has 0 unspecified atom stereocenters. The predicted molar refractivity (Wildman–Crippen MR) is 105 cm³/mol. The monoisotopic (exact) mass is 347 g/mol. The van der Waals surface area contributed by atoms with Crippen LogP contribution in [0.1, 0.15) is 0 Å². The minimum Gasteiger partial charge on any atom is -0.378 e. The maximum Gasteiger partial charge on any atom is 0.229 e. The molecule has 6 heteroatoms. The number of rotatable bonds is 5. The Morgan fingerprint density at radius 3 is 2.31 bits per heavy atom. The van der Waals surface area contributed by atoms with Crippen LogP contribution in [-0.2, 0) is 4.74 Å². The van der Waals surface area contributed by atoms with Crippen molar-refractivity contribution in [1.29, 1.82) is 0 Å². The van der Waals surface area contributed by atoms with Crippen molar-refractivity contribution in [3.8, 4) is 0 Å². The number of morpholine rings is 1. The van der Waals surface area contributed by atoms with E-state index in [9.17, 15) is 0 Å². The SMILES string of the molecule is c1ccc(Nc2nccc(Nc3ccc(N4CCOCC4)cc3)n2)cc1. The maximum absolute atomic E-state index is 5.40. The van der Waals surface area contributed by atoms with E-state index in [0.29, 0.717) is 5.95 Å². The lowest BCUT2D eigenvalue weighted by molar-refractivity contribution is 0.122. The molecular formula is C20H21N5O. The first-order valence-corrected chi connectivity index (χ1v) is 8.72. The van der Waals surface area contributed by atoms with Gasteiger partial charge in [0.05, 0.1) is 13.2 Å². The highest BCUT2D eigenvalue weighted by Crippen LogP contribution is 2.22. The topological polar surface area (TPSA) is 62.3 Å². The first-order valence-electron chi connectivity index (χ1n) is 8.72. The zero-order valence-corrected chi connectivity index (χ0v) is 14.4. The Morgan fingerprint density at radius 1 is 0.808 bits per heavy atom. The average molecular weight is 347 g/mol. The fraction of sp³-hybridized carbons (Fsp3) is 0.200. The summed E-state index contributed by atoms with van der Waals surface area (Å²) in [4.78, 5) is 11.1. The molecule has 2 heterocycles. The van der Waals surface area contributed by atoms with Gasteiger partial charge in [0.25, 0.3) is 0 Å². The third kappa shape index (κ3) is 4.10. The molecule has 1 fully saturated rings. The number of aromatic nitrogens is 2. The van der Waals surface area contributed by atoms with E-state index in [1.807, 2.05) is 36.4 Å². The van der Waals surface area contributed by atoms with Crippen LogP contribution >= 0.6 is 0 Å². The van der Waals surface area contributed by atoms with Gasteiger partial charge in [-0.15, -0.1) is 0 Å². The molecule has 1 saturated heterocycles. The normalized spacial score (nSPS) is 14.1. The number of benzene rings is 2. The number of ether oxygens (including phenoxy) is 1. The molecule has 0 aliphatic carbocycles. The van der Waals surface area contributed by atoms with Gasteiger partial charge in [0.2, 0.25) is 5.95 Å². The van der Waals surface area contributed by atoms with Gasteiger partial charge in [-0.1, -0.05) is 18.2 Å². The molecule has 0 spiro atoms. The molecule has 2 aromatic carbocycles. The number of anilines is 5. The molecule has 0 radical (unpaired) electrons. The molecule has 3 aromatic rings. The second-order valence-corrected chi connectivity index (χ2v) is 6.03. The lowest BCUT2D eigenvalue weighted by atomic mass is 10.2. The van der Waals surface area contributed by atoms with Crippen molar-refractivity contribution in [1.82, 2.24) is 9.97 Å². The zero-order chi connectivity index (χ0) is 17.6. The van der Waals surface area contributed by atoms with Gasteiger partial charge >= 0.3 is 0 Å². The van der Waals surface area contributed by atoms with Gasteiger partial charge in [-0.05, 0) is 42.5 Å². The first kappa shape index (κ1) is 16.4. The van der Waals surface area contributed by atoms with Gasteiger partial charge in [0.1, 0.15) is 5.82 Å². The minimum atomic E-state index is 0.561. The van der Waals surface area contributed by atoms with Crippen molar-refractivity contribution in [2.24, 2.45) is 0 Å². The molecule has 1 aliphatic heterocycles. The number of nitrogens with zero attached hydrogens (tertiary/aromatic N) is 3. The summed E-state index contributed by atoms with van der Waals surface area (Å²) in [7, 11) is 0. The highest BCUT2D eigenvalue weighted by atomic mass is 16.5. The van der Waals surface area contributed by atoms with Crippen molar-refractivity contribution < 1.29 is 4.74 Å². The number of hydrogen-bond acceptors (Lipinski definition) is 6. The Morgan fingerprint density at radius 2 is 1.54 bits per heavy atom. The van der Waals surface area contributed by atoms with Crippen LogP contribution in [0.4, 0.5) is 28.8 Å². The fourth-order valence-electron chi connectivity index (χ4n) is 2.86. The van der Waals surface area contributed by atoms with Gasteiger partial charge in [-0.3, -0.25) is 0 Å². The maximum atomic E-state index is 5.40. The standard InChI is InChI=1S/C20H21N5O/c1-2-4-16(5-3-1)23-20-21-11-10-19(24-20)22-17-6-8-18(9-7-17)25-12-14-26-15-13-25/h1-11H,12-15H2,(H2,21,22,23,24). The summed E-state index contributed by atoms with van der Waals surface area (Å²) in [6, 6.07) is 20.1. The summed E-state index contributed by atoms with van der Waals surface area (Å²) in [5.41, 5.74) is 3.17. The van der Waals surface area contributed by atoms with Crippen LogP contribution in [0.15, 0.2) is 66.9 Å². The smallest absolute Gasteiger partial charge is 0.229 e. The average Bonchev–Trinajstić information content (AvgIpc) is 2.70. The van der Waals surface area contributed by atoms with E-state index in [2.05, 4.69) is 49.8 Å².